The molecule has 5 heteroatoms. The van der Waals surface area contributed by atoms with Crippen molar-refractivity contribution in [1.29, 1.82) is 0 Å². The van der Waals surface area contributed by atoms with Crippen LogP contribution in [0.5, 0.6) is 5.75 Å². The molecular formula is C24H33N3O2. The first-order valence-electron chi connectivity index (χ1n) is 10.6. The summed E-state index contributed by atoms with van der Waals surface area (Å²) in [6.07, 6.45) is -0.530. The van der Waals surface area contributed by atoms with E-state index in [0.717, 1.165) is 56.1 Å². The zero-order valence-corrected chi connectivity index (χ0v) is 17.9. The number of amides is 1. The van der Waals surface area contributed by atoms with Gasteiger partial charge in [0.15, 0.2) is 6.10 Å². The van der Waals surface area contributed by atoms with E-state index in [4.69, 9.17) is 4.74 Å². The Hall–Kier alpha value is -2.37. The highest BCUT2D eigenvalue weighted by molar-refractivity contribution is 5.80. The third-order valence-electron chi connectivity index (χ3n) is 5.48. The lowest BCUT2D eigenvalue weighted by Crippen LogP contribution is -2.45. The first-order valence-corrected chi connectivity index (χ1v) is 10.6. The Morgan fingerprint density at radius 1 is 1.03 bits per heavy atom. The molecule has 1 aliphatic rings. The first-order chi connectivity index (χ1) is 14.0. The Balaban J connectivity index is 1.43. The van der Waals surface area contributed by atoms with Crippen LogP contribution >= 0.6 is 0 Å². The van der Waals surface area contributed by atoms with Gasteiger partial charge in [-0.05, 0) is 49.2 Å². The van der Waals surface area contributed by atoms with Gasteiger partial charge in [0, 0.05) is 39.3 Å². The number of hydrogen-bond donors (Lipinski definition) is 1. The monoisotopic (exact) mass is 395 g/mol. The van der Waals surface area contributed by atoms with Gasteiger partial charge in [0.2, 0.25) is 0 Å². The van der Waals surface area contributed by atoms with Gasteiger partial charge in [0.05, 0.1) is 0 Å². The predicted octanol–water partition coefficient (Wildman–Crippen LogP) is 3.22. The minimum absolute atomic E-state index is 0.107. The molecular weight excluding hydrogens is 362 g/mol. The van der Waals surface area contributed by atoms with E-state index in [-0.39, 0.29) is 5.91 Å². The number of aryl methyl sites for hydroxylation is 1. The Morgan fingerprint density at radius 2 is 1.69 bits per heavy atom. The van der Waals surface area contributed by atoms with Crippen molar-refractivity contribution < 1.29 is 9.53 Å². The number of likely N-dealkylation sites (N-methyl/N-ethyl adjacent to an activating group) is 1. The molecule has 1 aliphatic heterocycles. The molecule has 5 nitrogen and oxygen atoms in total. The number of benzene rings is 2. The van der Waals surface area contributed by atoms with E-state index in [0.29, 0.717) is 6.54 Å². The van der Waals surface area contributed by atoms with Gasteiger partial charge < -0.3 is 15.0 Å². The average Bonchev–Trinajstić information content (AvgIpc) is 2.73. The summed E-state index contributed by atoms with van der Waals surface area (Å²) < 4.78 is 5.74. The topological polar surface area (TPSA) is 44.8 Å². The molecule has 2 aromatic rings. The van der Waals surface area contributed by atoms with Crippen LogP contribution in [0.1, 0.15) is 30.5 Å². The smallest absolute Gasteiger partial charge is 0.261 e. The summed E-state index contributed by atoms with van der Waals surface area (Å²) in [7, 11) is 0. The fourth-order valence-electron chi connectivity index (χ4n) is 3.56. The average molecular weight is 396 g/mol. The van der Waals surface area contributed by atoms with Gasteiger partial charge in [-0.15, -0.1) is 0 Å². The molecule has 1 heterocycles. The van der Waals surface area contributed by atoms with Gasteiger partial charge >= 0.3 is 0 Å². The maximum absolute atomic E-state index is 12.3. The van der Waals surface area contributed by atoms with Crippen molar-refractivity contribution in [2.45, 2.75) is 40.0 Å². The molecule has 1 unspecified atom stereocenters. The molecule has 1 fully saturated rings. The van der Waals surface area contributed by atoms with Crippen LogP contribution in [0.4, 0.5) is 0 Å². The van der Waals surface area contributed by atoms with E-state index in [9.17, 15) is 4.79 Å². The van der Waals surface area contributed by atoms with Crippen LogP contribution in [-0.2, 0) is 17.9 Å². The van der Waals surface area contributed by atoms with E-state index >= 15 is 0 Å². The molecule has 156 valence electrons. The van der Waals surface area contributed by atoms with Crippen LogP contribution < -0.4 is 10.1 Å². The summed E-state index contributed by atoms with van der Waals surface area (Å²) in [5.41, 5.74) is 3.53. The lowest BCUT2D eigenvalue weighted by molar-refractivity contribution is -0.127. The third-order valence-corrected chi connectivity index (χ3v) is 5.48. The molecule has 0 radical (unpaired) electrons. The highest BCUT2D eigenvalue weighted by Gasteiger charge is 2.16. The number of rotatable bonds is 8. The summed E-state index contributed by atoms with van der Waals surface area (Å²) in [6, 6.07) is 16.3. The maximum atomic E-state index is 12.3. The zero-order chi connectivity index (χ0) is 20.6. The normalized spacial score (nSPS) is 16.4. The fourth-order valence-corrected chi connectivity index (χ4v) is 3.56. The molecule has 1 N–H and O–H groups in total. The molecule has 1 atom stereocenters. The molecule has 1 saturated heterocycles. The Morgan fingerprint density at radius 3 is 2.34 bits per heavy atom. The molecule has 0 bridgehead atoms. The van der Waals surface area contributed by atoms with Crippen LogP contribution in [0.15, 0.2) is 48.5 Å². The fraction of sp³-hybridized carbons (Fsp3) is 0.458. The second-order valence-corrected chi connectivity index (χ2v) is 7.82. The van der Waals surface area contributed by atoms with E-state index in [1.54, 1.807) is 6.92 Å². The minimum Gasteiger partial charge on any atom is -0.481 e. The summed E-state index contributed by atoms with van der Waals surface area (Å²) in [4.78, 5) is 17.3. The van der Waals surface area contributed by atoms with Gasteiger partial charge in [-0.25, -0.2) is 0 Å². The van der Waals surface area contributed by atoms with Crippen molar-refractivity contribution in [1.82, 2.24) is 15.1 Å². The standard InChI is InChI=1S/C24H33N3O2/c1-4-26-12-14-27(15-13-26)18-22-10-8-21(9-11-22)17-25-24(28)20(3)29-23-7-5-6-19(2)16-23/h5-11,16,20H,4,12-15,17-18H2,1-3H3,(H,25,28). The number of piperazine rings is 1. The number of carbonyl (C=O) groups excluding carboxylic acids is 1. The largest absolute Gasteiger partial charge is 0.481 e. The van der Waals surface area contributed by atoms with Gasteiger partial charge in [-0.2, -0.15) is 0 Å². The quantitative estimate of drug-likeness (QED) is 0.745. The van der Waals surface area contributed by atoms with Crippen molar-refractivity contribution in [2.24, 2.45) is 0 Å². The molecule has 0 saturated carbocycles. The van der Waals surface area contributed by atoms with Crippen molar-refractivity contribution in [2.75, 3.05) is 32.7 Å². The van der Waals surface area contributed by atoms with Crippen LogP contribution in [0.25, 0.3) is 0 Å². The Kier molecular flexibility index (Phi) is 7.67. The number of ether oxygens (including phenoxy) is 1. The molecule has 0 spiro atoms. The van der Waals surface area contributed by atoms with Crippen molar-refractivity contribution >= 4 is 5.91 Å². The second kappa shape index (κ2) is 10.4. The highest BCUT2D eigenvalue weighted by Crippen LogP contribution is 2.14. The van der Waals surface area contributed by atoms with E-state index in [1.165, 1.54) is 5.56 Å². The van der Waals surface area contributed by atoms with Crippen molar-refractivity contribution in [3.8, 4) is 5.75 Å². The Bertz CT molecular complexity index is 783. The SMILES string of the molecule is CCN1CCN(Cc2ccc(CNC(=O)C(C)Oc3cccc(C)c3)cc2)CC1. The van der Waals surface area contributed by atoms with Crippen LogP contribution in [-0.4, -0.2) is 54.5 Å². The second-order valence-electron chi connectivity index (χ2n) is 7.82. The third kappa shape index (κ3) is 6.58. The van der Waals surface area contributed by atoms with Crippen LogP contribution in [0, 0.1) is 6.92 Å². The first kappa shape index (κ1) is 21.3. The molecule has 0 aromatic heterocycles. The number of nitrogens with one attached hydrogen (secondary N) is 1. The number of nitrogens with zero attached hydrogens (tertiary/aromatic N) is 2. The summed E-state index contributed by atoms with van der Waals surface area (Å²) in [5.74, 6) is 0.612. The lowest BCUT2D eigenvalue weighted by Gasteiger charge is -2.34. The van der Waals surface area contributed by atoms with Crippen LogP contribution in [0.2, 0.25) is 0 Å². The van der Waals surface area contributed by atoms with Gasteiger partial charge in [0.25, 0.3) is 5.91 Å². The molecule has 2 aromatic carbocycles. The minimum atomic E-state index is -0.530. The number of hydrogen-bond acceptors (Lipinski definition) is 4. The Labute approximate surface area is 174 Å². The van der Waals surface area contributed by atoms with Gasteiger partial charge in [0.1, 0.15) is 5.75 Å². The predicted molar refractivity (Wildman–Crippen MR) is 117 cm³/mol. The van der Waals surface area contributed by atoms with Crippen LogP contribution in [0.3, 0.4) is 0 Å². The maximum Gasteiger partial charge on any atom is 0.261 e. The van der Waals surface area contributed by atoms with E-state index in [1.807, 2.05) is 31.2 Å². The summed E-state index contributed by atoms with van der Waals surface area (Å²) >= 11 is 0. The van der Waals surface area contributed by atoms with E-state index < -0.39 is 6.10 Å². The summed E-state index contributed by atoms with van der Waals surface area (Å²) in [5, 5.41) is 2.97. The highest BCUT2D eigenvalue weighted by atomic mass is 16.5. The van der Waals surface area contributed by atoms with E-state index in [2.05, 4.69) is 46.3 Å². The number of carbonyl (C=O) groups is 1. The van der Waals surface area contributed by atoms with Gasteiger partial charge in [-0.1, -0.05) is 43.3 Å². The summed E-state index contributed by atoms with van der Waals surface area (Å²) in [6.45, 7) is 13.2. The lowest BCUT2D eigenvalue weighted by atomic mass is 10.1. The molecule has 0 aliphatic carbocycles. The zero-order valence-electron chi connectivity index (χ0n) is 17.9. The van der Waals surface area contributed by atoms with Crippen molar-refractivity contribution in [3.05, 3.63) is 65.2 Å². The molecule has 29 heavy (non-hydrogen) atoms. The molecule has 3 rings (SSSR count). The van der Waals surface area contributed by atoms with Gasteiger partial charge in [-0.3, -0.25) is 9.69 Å². The molecule has 1 amide bonds. The van der Waals surface area contributed by atoms with Crippen molar-refractivity contribution in [3.63, 3.8) is 0 Å².